The maximum absolute atomic E-state index is 12.9. The van der Waals surface area contributed by atoms with E-state index in [1.807, 2.05) is 59.2 Å². The van der Waals surface area contributed by atoms with Crippen LogP contribution in [-0.4, -0.2) is 37.3 Å². The second kappa shape index (κ2) is 11.2. The van der Waals surface area contributed by atoms with Crippen LogP contribution in [0.1, 0.15) is 31.7 Å². The number of anilines is 2. The van der Waals surface area contributed by atoms with Crippen molar-refractivity contribution in [3.05, 3.63) is 77.5 Å². The van der Waals surface area contributed by atoms with E-state index in [0.717, 1.165) is 47.6 Å². The van der Waals surface area contributed by atoms with Crippen LogP contribution in [-0.2, 0) is 11.8 Å². The second-order valence-electron chi connectivity index (χ2n) is 9.18. The fourth-order valence-corrected chi connectivity index (χ4v) is 4.75. The Bertz CT molecular complexity index is 1690. The summed E-state index contributed by atoms with van der Waals surface area (Å²) in [6.07, 6.45) is 7.17. The lowest BCUT2D eigenvalue weighted by atomic mass is 10.2. The molecule has 4 heterocycles. The Balaban J connectivity index is 0.000000567. The molecule has 0 spiro atoms. The van der Waals surface area contributed by atoms with E-state index < -0.39 is 6.09 Å². The molecule has 5 aromatic rings. The van der Waals surface area contributed by atoms with Crippen molar-refractivity contribution < 1.29 is 14.3 Å². The number of nitrogens with two attached hydrogens (primary N) is 1. The molecular formula is C28H29N7O4. The van der Waals surface area contributed by atoms with Crippen LogP contribution in [0.15, 0.2) is 71.8 Å². The van der Waals surface area contributed by atoms with Gasteiger partial charge < -0.3 is 20.5 Å². The molecule has 1 amide bonds. The Morgan fingerprint density at radius 1 is 1.03 bits per heavy atom. The Morgan fingerprint density at radius 2 is 1.82 bits per heavy atom. The Kier molecular flexibility index (Phi) is 7.39. The molecule has 0 radical (unpaired) electrons. The zero-order valence-electron chi connectivity index (χ0n) is 21.7. The number of imidazole rings is 1. The minimum absolute atomic E-state index is 0.0138. The summed E-state index contributed by atoms with van der Waals surface area (Å²) in [7, 11) is 3.03. The number of carbonyl (C=O) groups is 1. The highest BCUT2D eigenvalue weighted by molar-refractivity contribution is 5.80. The maximum atomic E-state index is 12.9. The summed E-state index contributed by atoms with van der Waals surface area (Å²) >= 11 is 0. The largest absolute Gasteiger partial charge is 0.453 e. The Hall–Kier alpha value is -4.93. The van der Waals surface area contributed by atoms with E-state index >= 15 is 0 Å². The molecule has 0 bridgehead atoms. The number of benzene rings is 1. The lowest BCUT2D eigenvalue weighted by molar-refractivity contribution is 0.182. The minimum atomic E-state index is -0.745. The Morgan fingerprint density at radius 3 is 2.59 bits per heavy atom. The van der Waals surface area contributed by atoms with Crippen molar-refractivity contribution in [2.75, 3.05) is 12.4 Å². The van der Waals surface area contributed by atoms with Gasteiger partial charge >= 0.3 is 11.8 Å². The summed E-state index contributed by atoms with van der Waals surface area (Å²) in [5.41, 5.74) is 7.09. The number of hydrogen-bond donors (Lipinski definition) is 2. The van der Waals surface area contributed by atoms with Crippen LogP contribution in [0.2, 0.25) is 0 Å². The van der Waals surface area contributed by atoms with Gasteiger partial charge in [0, 0.05) is 36.8 Å². The van der Waals surface area contributed by atoms with E-state index in [-0.39, 0.29) is 11.7 Å². The van der Waals surface area contributed by atoms with Crippen molar-refractivity contribution >= 4 is 39.7 Å². The van der Waals surface area contributed by atoms with Gasteiger partial charge in [-0.3, -0.25) is 14.1 Å². The molecule has 11 nitrogen and oxygen atoms in total. The van der Waals surface area contributed by atoms with Gasteiger partial charge in [-0.1, -0.05) is 25.0 Å². The van der Waals surface area contributed by atoms with Crippen LogP contribution < -0.4 is 21.5 Å². The van der Waals surface area contributed by atoms with Crippen LogP contribution in [0.5, 0.6) is 11.6 Å². The predicted molar refractivity (Wildman–Crippen MR) is 148 cm³/mol. The number of amides is 1. The summed E-state index contributed by atoms with van der Waals surface area (Å²) in [6, 6.07) is 17.4. The number of pyridine rings is 3. The van der Waals surface area contributed by atoms with Gasteiger partial charge in [-0.05, 0) is 43.2 Å². The van der Waals surface area contributed by atoms with Crippen LogP contribution >= 0.6 is 0 Å². The topological polar surface area (TPSA) is 139 Å². The maximum Gasteiger partial charge on any atom is 0.404 e. The molecule has 0 unspecified atom stereocenters. The first-order chi connectivity index (χ1) is 18.9. The summed E-state index contributed by atoms with van der Waals surface area (Å²) < 4.78 is 13.5. The van der Waals surface area contributed by atoms with E-state index in [4.69, 9.17) is 4.74 Å². The number of nitrogens with zero attached hydrogens (tertiary/aromatic N) is 5. The standard InChI is InChI=1S/C26H24N6O2.C2H5NO2/c1-31-22-16-28-24(15-21(22)32(26(31)33)18-7-2-3-8-18)29-23-9-4-10-25(30-23)34-19-11-12-20-17(14-19)6-5-13-27-20;1-5-2(3)4/h4-6,9-16,18H,2-3,7-8H2,1H3,(H,28,29,30);1H3,(H2,3,4). The number of nitrogens with one attached hydrogen (secondary N) is 1. The van der Waals surface area contributed by atoms with Crippen molar-refractivity contribution in [3.63, 3.8) is 0 Å². The summed E-state index contributed by atoms with van der Waals surface area (Å²) in [4.78, 5) is 35.7. The van der Waals surface area contributed by atoms with Crippen LogP contribution in [0.25, 0.3) is 21.9 Å². The smallest absolute Gasteiger partial charge is 0.404 e. The van der Waals surface area contributed by atoms with Crippen LogP contribution in [0.3, 0.4) is 0 Å². The first-order valence-corrected chi connectivity index (χ1v) is 12.6. The fourth-order valence-electron chi connectivity index (χ4n) is 4.75. The van der Waals surface area contributed by atoms with Gasteiger partial charge in [-0.15, -0.1) is 0 Å². The lowest BCUT2D eigenvalue weighted by Gasteiger charge is -2.12. The predicted octanol–water partition coefficient (Wildman–Crippen LogP) is 5.04. The molecule has 4 aromatic heterocycles. The van der Waals surface area contributed by atoms with Crippen molar-refractivity contribution in [3.8, 4) is 11.6 Å². The molecule has 0 aliphatic heterocycles. The Labute approximate surface area is 224 Å². The SMILES string of the molecule is COC(N)=O.Cn1c(=O)n(C2CCCC2)c2cc(Nc3cccc(Oc4ccc5ncccc5c4)n3)ncc21. The highest BCUT2D eigenvalue weighted by Gasteiger charge is 2.23. The number of aromatic nitrogens is 5. The van der Waals surface area contributed by atoms with E-state index in [0.29, 0.717) is 23.3 Å². The molecule has 1 saturated carbocycles. The first kappa shape index (κ1) is 25.7. The minimum Gasteiger partial charge on any atom is -0.453 e. The van der Waals surface area contributed by atoms with Gasteiger partial charge in [0.25, 0.3) is 0 Å². The quantitative estimate of drug-likeness (QED) is 0.324. The van der Waals surface area contributed by atoms with Crippen molar-refractivity contribution in [1.29, 1.82) is 0 Å². The molecule has 0 saturated heterocycles. The van der Waals surface area contributed by atoms with E-state index in [2.05, 4.69) is 30.7 Å². The molecule has 0 atom stereocenters. The van der Waals surface area contributed by atoms with E-state index in [1.54, 1.807) is 24.0 Å². The molecule has 1 aliphatic rings. The van der Waals surface area contributed by atoms with Gasteiger partial charge in [-0.2, -0.15) is 4.98 Å². The number of carbonyl (C=O) groups excluding carboxylic acids is 1. The molecular weight excluding hydrogens is 498 g/mol. The summed E-state index contributed by atoms with van der Waals surface area (Å²) in [6.45, 7) is 0. The number of ether oxygens (including phenoxy) is 2. The molecule has 1 aliphatic carbocycles. The molecule has 1 aromatic carbocycles. The first-order valence-electron chi connectivity index (χ1n) is 12.6. The van der Waals surface area contributed by atoms with Gasteiger partial charge in [0.1, 0.15) is 17.4 Å². The number of fused-ring (bicyclic) bond motifs is 2. The summed E-state index contributed by atoms with van der Waals surface area (Å²) in [5.74, 6) is 2.40. The van der Waals surface area contributed by atoms with Gasteiger partial charge in [-0.25, -0.2) is 14.6 Å². The van der Waals surface area contributed by atoms with Crippen LogP contribution in [0, 0.1) is 0 Å². The van der Waals surface area contributed by atoms with Crippen molar-refractivity contribution in [1.82, 2.24) is 24.1 Å². The third-order valence-electron chi connectivity index (χ3n) is 6.64. The normalized spacial score (nSPS) is 13.2. The van der Waals surface area contributed by atoms with Crippen molar-refractivity contribution in [2.45, 2.75) is 31.7 Å². The van der Waals surface area contributed by atoms with E-state index in [1.165, 1.54) is 7.11 Å². The van der Waals surface area contributed by atoms with Gasteiger partial charge in [0.05, 0.1) is 29.9 Å². The molecule has 11 heteroatoms. The fraction of sp³-hybridized carbons (Fsp3) is 0.250. The number of primary amides is 1. The van der Waals surface area contributed by atoms with Gasteiger partial charge in [0.15, 0.2) is 0 Å². The van der Waals surface area contributed by atoms with E-state index in [9.17, 15) is 9.59 Å². The third kappa shape index (κ3) is 5.66. The highest BCUT2D eigenvalue weighted by Crippen LogP contribution is 2.32. The summed E-state index contributed by atoms with van der Waals surface area (Å²) in [5, 5.41) is 4.26. The number of hydrogen-bond acceptors (Lipinski definition) is 8. The average Bonchev–Trinajstić information content (AvgIpc) is 3.55. The zero-order valence-corrected chi connectivity index (χ0v) is 21.7. The molecule has 3 N–H and O–H groups in total. The van der Waals surface area contributed by atoms with Crippen LogP contribution in [0.4, 0.5) is 16.4 Å². The highest BCUT2D eigenvalue weighted by atomic mass is 16.5. The molecule has 39 heavy (non-hydrogen) atoms. The molecule has 6 rings (SSSR count). The average molecular weight is 528 g/mol. The second-order valence-corrected chi connectivity index (χ2v) is 9.18. The third-order valence-corrected chi connectivity index (χ3v) is 6.64. The number of rotatable bonds is 5. The lowest BCUT2D eigenvalue weighted by Crippen LogP contribution is -2.24. The van der Waals surface area contributed by atoms with Gasteiger partial charge in [0.2, 0.25) is 5.88 Å². The molecule has 1 fully saturated rings. The number of methoxy groups -OCH3 is 1. The number of aryl methyl sites for hydroxylation is 1. The monoisotopic (exact) mass is 527 g/mol. The molecule has 200 valence electrons. The zero-order chi connectivity index (χ0) is 27.4. The van der Waals surface area contributed by atoms with Crippen molar-refractivity contribution in [2.24, 2.45) is 12.8 Å².